The van der Waals surface area contributed by atoms with E-state index in [1.165, 1.54) is 16.9 Å². The summed E-state index contributed by atoms with van der Waals surface area (Å²) in [5, 5.41) is 6.01. The van der Waals surface area contributed by atoms with Gasteiger partial charge in [-0.25, -0.2) is 0 Å². The molecule has 2 aliphatic heterocycles. The summed E-state index contributed by atoms with van der Waals surface area (Å²) in [5.74, 6) is 2.32. The largest absolute Gasteiger partial charge is 0.361 e. The molecule has 2 aromatic rings. The van der Waals surface area contributed by atoms with Crippen LogP contribution in [0.2, 0.25) is 0 Å². The van der Waals surface area contributed by atoms with Crippen LogP contribution in [0, 0.1) is 25.7 Å². The number of hydrogen-bond acceptors (Lipinski definition) is 5. The molecular formula is C17H21N3O2S. The molecule has 6 heteroatoms. The Morgan fingerprint density at radius 3 is 2.61 bits per heavy atom. The number of carbonyl (C=O) groups excluding carboxylic acids is 1. The Morgan fingerprint density at radius 2 is 2.04 bits per heavy atom. The summed E-state index contributed by atoms with van der Waals surface area (Å²) < 4.78 is 5.26. The minimum atomic E-state index is 0.201. The van der Waals surface area contributed by atoms with Crippen LogP contribution >= 0.6 is 11.3 Å². The van der Waals surface area contributed by atoms with E-state index in [-0.39, 0.29) is 5.91 Å². The monoisotopic (exact) mass is 331 g/mol. The number of likely N-dealkylation sites (tertiary alicyclic amines) is 2. The zero-order valence-electron chi connectivity index (χ0n) is 13.5. The minimum absolute atomic E-state index is 0.201. The summed E-state index contributed by atoms with van der Waals surface area (Å²) in [5.41, 5.74) is 2.21. The fraction of sp³-hybridized carbons (Fsp3) is 0.529. The van der Waals surface area contributed by atoms with Crippen molar-refractivity contribution in [1.82, 2.24) is 15.0 Å². The predicted octanol–water partition coefficient (Wildman–Crippen LogP) is 2.56. The van der Waals surface area contributed by atoms with Crippen molar-refractivity contribution < 1.29 is 9.32 Å². The number of carbonyl (C=O) groups is 1. The standard InChI is InChI=1S/C17H21N3O2S/c1-11-15(12(2)22-18-11)10-19-6-13-8-20(9-14(13)7-19)17(21)16-4-3-5-23-16/h3-5,13-14H,6-10H2,1-2H3/t13-,14+. The van der Waals surface area contributed by atoms with Crippen molar-refractivity contribution in [2.75, 3.05) is 26.2 Å². The van der Waals surface area contributed by atoms with Crippen LogP contribution in [0.4, 0.5) is 0 Å². The molecular weight excluding hydrogens is 310 g/mol. The lowest BCUT2D eigenvalue weighted by molar-refractivity contribution is 0.0778. The molecule has 2 saturated heterocycles. The van der Waals surface area contributed by atoms with Crippen LogP contribution in [-0.2, 0) is 6.54 Å². The van der Waals surface area contributed by atoms with E-state index in [1.807, 2.05) is 36.3 Å². The number of amides is 1. The molecule has 4 rings (SSSR count). The summed E-state index contributed by atoms with van der Waals surface area (Å²) in [4.78, 5) is 17.8. The van der Waals surface area contributed by atoms with Gasteiger partial charge in [0.05, 0.1) is 10.6 Å². The summed E-state index contributed by atoms with van der Waals surface area (Å²) in [6, 6.07) is 3.87. The average Bonchev–Trinajstić information content (AvgIpc) is 3.27. The van der Waals surface area contributed by atoms with Gasteiger partial charge >= 0.3 is 0 Å². The highest BCUT2D eigenvalue weighted by atomic mass is 32.1. The average molecular weight is 331 g/mol. The Kier molecular flexibility index (Phi) is 3.73. The van der Waals surface area contributed by atoms with Gasteiger partial charge in [0, 0.05) is 38.3 Å². The third-order valence-corrected chi connectivity index (χ3v) is 6.00. The van der Waals surface area contributed by atoms with Gasteiger partial charge in [0.15, 0.2) is 0 Å². The number of nitrogens with zero attached hydrogens (tertiary/aromatic N) is 3. The molecule has 5 nitrogen and oxygen atoms in total. The van der Waals surface area contributed by atoms with Crippen LogP contribution in [0.1, 0.15) is 26.7 Å². The Bertz CT molecular complexity index is 676. The molecule has 0 aromatic carbocycles. The first kappa shape index (κ1) is 14.9. The number of fused-ring (bicyclic) bond motifs is 1. The van der Waals surface area contributed by atoms with E-state index in [9.17, 15) is 4.79 Å². The second-order valence-corrected chi connectivity index (χ2v) is 7.65. The first-order valence-corrected chi connectivity index (χ1v) is 8.96. The topological polar surface area (TPSA) is 49.6 Å². The maximum absolute atomic E-state index is 12.5. The van der Waals surface area contributed by atoms with E-state index in [2.05, 4.69) is 10.1 Å². The van der Waals surface area contributed by atoms with Gasteiger partial charge in [-0.15, -0.1) is 11.3 Å². The molecule has 0 aliphatic carbocycles. The first-order chi connectivity index (χ1) is 11.1. The molecule has 1 amide bonds. The second kappa shape index (κ2) is 5.76. The molecule has 0 unspecified atom stereocenters. The zero-order valence-corrected chi connectivity index (χ0v) is 14.3. The van der Waals surface area contributed by atoms with E-state index < -0.39 is 0 Å². The lowest BCUT2D eigenvalue weighted by Gasteiger charge is -2.21. The Labute approximate surface area is 139 Å². The summed E-state index contributed by atoms with van der Waals surface area (Å²) in [6.07, 6.45) is 0. The molecule has 2 atom stereocenters. The van der Waals surface area contributed by atoms with Crippen LogP contribution in [0.3, 0.4) is 0 Å². The van der Waals surface area contributed by atoms with Crippen LogP contribution in [0.15, 0.2) is 22.0 Å². The molecule has 122 valence electrons. The highest BCUT2D eigenvalue weighted by Gasteiger charge is 2.42. The Balaban J connectivity index is 1.38. The molecule has 0 spiro atoms. The third kappa shape index (κ3) is 2.70. The number of thiophene rings is 1. The predicted molar refractivity (Wildman–Crippen MR) is 88.5 cm³/mol. The zero-order chi connectivity index (χ0) is 16.0. The molecule has 0 bridgehead atoms. The maximum atomic E-state index is 12.5. The summed E-state index contributed by atoms with van der Waals surface area (Å²) in [7, 11) is 0. The quantitative estimate of drug-likeness (QED) is 0.867. The van der Waals surface area contributed by atoms with Crippen molar-refractivity contribution in [3.63, 3.8) is 0 Å². The molecule has 23 heavy (non-hydrogen) atoms. The van der Waals surface area contributed by atoms with Crippen molar-refractivity contribution in [2.24, 2.45) is 11.8 Å². The SMILES string of the molecule is Cc1noc(C)c1CN1C[C@@H]2CN(C(=O)c3cccs3)C[C@@H]2C1. The molecule has 0 radical (unpaired) electrons. The lowest BCUT2D eigenvalue weighted by atomic mass is 10.0. The molecule has 2 fully saturated rings. The Morgan fingerprint density at radius 1 is 1.30 bits per heavy atom. The van der Waals surface area contributed by atoms with Crippen LogP contribution < -0.4 is 0 Å². The van der Waals surface area contributed by atoms with Crippen molar-refractivity contribution in [1.29, 1.82) is 0 Å². The number of aromatic nitrogens is 1. The molecule has 2 aliphatic rings. The van der Waals surface area contributed by atoms with E-state index >= 15 is 0 Å². The van der Waals surface area contributed by atoms with Gasteiger partial charge in [-0.05, 0) is 37.1 Å². The molecule has 4 heterocycles. The smallest absolute Gasteiger partial charge is 0.263 e. The van der Waals surface area contributed by atoms with Crippen molar-refractivity contribution in [3.8, 4) is 0 Å². The number of hydrogen-bond donors (Lipinski definition) is 0. The minimum Gasteiger partial charge on any atom is -0.361 e. The third-order valence-electron chi connectivity index (χ3n) is 5.14. The summed E-state index contributed by atoms with van der Waals surface area (Å²) in [6.45, 7) is 8.79. The highest BCUT2D eigenvalue weighted by Crippen LogP contribution is 2.33. The maximum Gasteiger partial charge on any atom is 0.263 e. The van der Waals surface area contributed by atoms with Gasteiger partial charge < -0.3 is 9.42 Å². The molecule has 2 aromatic heterocycles. The van der Waals surface area contributed by atoms with E-state index in [0.717, 1.165) is 49.1 Å². The van der Waals surface area contributed by atoms with Gasteiger partial charge in [-0.3, -0.25) is 9.69 Å². The van der Waals surface area contributed by atoms with Gasteiger partial charge in [0.25, 0.3) is 5.91 Å². The van der Waals surface area contributed by atoms with Crippen LogP contribution in [-0.4, -0.2) is 47.0 Å². The fourth-order valence-electron chi connectivity index (χ4n) is 3.89. The Hall–Kier alpha value is -1.66. The fourth-order valence-corrected chi connectivity index (χ4v) is 4.58. The first-order valence-electron chi connectivity index (χ1n) is 8.08. The number of aryl methyl sites for hydroxylation is 2. The highest BCUT2D eigenvalue weighted by molar-refractivity contribution is 7.12. The van der Waals surface area contributed by atoms with Gasteiger partial charge in [-0.2, -0.15) is 0 Å². The van der Waals surface area contributed by atoms with Crippen molar-refractivity contribution >= 4 is 17.2 Å². The van der Waals surface area contributed by atoms with E-state index in [0.29, 0.717) is 11.8 Å². The van der Waals surface area contributed by atoms with Crippen molar-refractivity contribution in [2.45, 2.75) is 20.4 Å². The van der Waals surface area contributed by atoms with Gasteiger partial charge in [0.1, 0.15) is 5.76 Å². The van der Waals surface area contributed by atoms with Crippen LogP contribution in [0.25, 0.3) is 0 Å². The summed E-state index contributed by atoms with van der Waals surface area (Å²) >= 11 is 1.53. The molecule has 0 saturated carbocycles. The van der Waals surface area contributed by atoms with Gasteiger partial charge in [-0.1, -0.05) is 11.2 Å². The van der Waals surface area contributed by atoms with E-state index in [1.54, 1.807) is 0 Å². The number of rotatable bonds is 3. The van der Waals surface area contributed by atoms with Crippen LogP contribution in [0.5, 0.6) is 0 Å². The molecule has 0 N–H and O–H groups in total. The normalized spacial score (nSPS) is 24.3. The lowest BCUT2D eigenvalue weighted by Crippen LogP contribution is -2.32. The van der Waals surface area contributed by atoms with E-state index in [4.69, 9.17) is 4.52 Å². The van der Waals surface area contributed by atoms with Gasteiger partial charge in [0.2, 0.25) is 0 Å². The van der Waals surface area contributed by atoms with Crippen molar-refractivity contribution in [3.05, 3.63) is 39.4 Å². The second-order valence-electron chi connectivity index (χ2n) is 6.70.